The maximum absolute atomic E-state index is 14.3. The van der Waals surface area contributed by atoms with E-state index >= 15 is 0 Å². The molecule has 2 aromatic rings. The third-order valence-electron chi connectivity index (χ3n) is 7.16. The molecule has 7 heteroatoms. The second-order valence-corrected chi connectivity index (χ2v) is 9.05. The van der Waals surface area contributed by atoms with Crippen LogP contribution in [0.25, 0.3) is 11.3 Å². The van der Waals surface area contributed by atoms with Crippen LogP contribution >= 0.6 is 0 Å². The molecule has 0 radical (unpaired) electrons. The lowest BCUT2D eigenvalue weighted by atomic mass is 9.77. The first-order chi connectivity index (χ1) is 13.8. The summed E-state index contributed by atoms with van der Waals surface area (Å²) in [5.74, 6) is -1.53. The highest BCUT2D eigenvalue weighted by Crippen LogP contribution is 2.68. The zero-order chi connectivity index (χ0) is 20.6. The van der Waals surface area contributed by atoms with Gasteiger partial charge in [0.2, 0.25) is 5.91 Å². The second-order valence-electron chi connectivity index (χ2n) is 9.05. The van der Waals surface area contributed by atoms with Crippen molar-refractivity contribution >= 4 is 5.91 Å². The van der Waals surface area contributed by atoms with Crippen LogP contribution < -0.4 is 5.73 Å². The maximum atomic E-state index is 14.3. The monoisotopic (exact) mass is 399 g/mol. The first kappa shape index (κ1) is 18.6. The molecule has 1 aromatic carbocycles. The molecular weight excluding hydrogens is 376 g/mol. The molecule has 29 heavy (non-hydrogen) atoms. The number of primary amides is 1. The number of hydrogen-bond acceptors (Lipinski definition) is 4. The van der Waals surface area contributed by atoms with Gasteiger partial charge in [0.05, 0.1) is 17.0 Å². The van der Waals surface area contributed by atoms with E-state index in [-0.39, 0.29) is 28.5 Å². The van der Waals surface area contributed by atoms with Gasteiger partial charge in [-0.05, 0) is 61.3 Å². The van der Waals surface area contributed by atoms with Gasteiger partial charge in [-0.3, -0.25) is 4.79 Å². The van der Waals surface area contributed by atoms with Gasteiger partial charge < -0.3 is 10.5 Å². The van der Waals surface area contributed by atoms with Gasteiger partial charge in [0.25, 0.3) is 0 Å². The van der Waals surface area contributed by atoms with E-state index in [0.29, 0.717) is 5.69 Å². The topological polar surface area (TPSA) is 78.1 Å². The summed E-state index contributed by atoms with van der Waals surface area (Å²) in [7, 11) is 0. The van der Waals surface area contributed by atoms with Crippen molar-refractivity contribution in [2.75, 3.05) is 0 Å². The molecule has 0 aliphatic heterocycles. The second kappa shape index (κ2) is 6.05. The van der Waals surface area contributed by atoms with Crippen LogP contribution in [0.1, 0.15) is 56.7 Å². The molecule has 2 N–H and O–H groups in total. The van der Waals surface area contributed by atoms with E-state index in [4.69, 9.17) is 10.5 Å². The maximum Gasteiger partial charge on any atom is 0.246 e. The van der Waals surface area contributed by atoms with Crippen molar-refractivity contribution in [1.82, 2.24) is 10.2 Å². The fraction of sp³-hybridized carbons (Fsp3) is 0.500. The molecule has 2 bridgehead atoms. The minimum atomic E-state index is -0.769. The molecular formula is C22H23F2N3O2. The molecule has 1 aromatic heterocycles. The molecule has 3 atom stereocenters. The third-order valence-corrected chi connectivity index (χ3v) is 7.16. The van der Waals surface area contributed by atoms with Crippen molar-refractivity contribution in [3.8, 4) is 11.3 Å². The Balaban J connectivity index is 1.61. The number of hydrogen-bond donors (Lipinski definition) is 1. The molecule has 152 valence electrons. The Bertz CT molecular complexity index is 1000. The summed E-state index contributed by atoms with van der Waals surface area (Å²) >= 11 is 0. The molecule has 3 aliphatic rings. The van der Waals surface area contributed by atoms with Gasteiger partial charge in [-0.15, -0.1) is 5.10 Å². The Morgan fingerprint density at radius 3 is 2.52 bits per heavy atom. The standard InChI is InChI=1S/C22H23F2N3O2/c1-21(2)13-8-9-22(21,29-18(20(25)28)11-6-7-11)19-12(13)10-16(26-27-19)17-14(23)4-3-5-15(17)24/h3-5,10-11,13,18H,6-9H2,1-2H3,(H2,25,28)/t13-,18-,22-/m0/s1. The summed E-state index contributed by atoms with van der Waals surface area (Å²) in [6, 6.07) is 5.48. The molecule has 2 saturated carbocycles. The van der Waals surface area contributed by atoms with Crippen LogP contribution in [-0.4, -0.2) is 22.2 Å². The van der Waals surface area contributed by atoms with Crippen molar-refractivity contribution in [3.63, 3.8) is 0 Å². The summed E-state index contributed by atoms with van der Waals surface area (Å²) in [6.45, 7) is 4.20. The predicted molar refractivity (Wildman–Crippen MR) is 102 cm³/mol. The summed E-state index contributed by atoms with van der Waals surface area (Å²) in [5.41, 5.74) is 6.10. The van der Waals surface area contributed by atoms with Gasteiger partial charge in [0.1, 0.15) is 23.3 Å². The smallest absolute Gasteiger partial charge is 0.246 e. The number of amides is 1. The highest BCUT2D eigenvalue weighted by molar-refractivity contribution is 5.79. The lowest BCUT2D eigenvalue weighted by molar-refractivity contribution is -0.169. The quantitative estimate of drug-likeness (QED) is 0.829. The molecule has 3 aliphatic carbocycles. The number of fused-ring (bicyclic) bond motifs is 5. The van der Waals surface area contributed by atoms with Gasteiger partial charge in [-0.25, -0.2) is 8.78 Å². The average molecular weight is 399 g/mol. The number of nitrogens with two attached hydrogens (primary N) is 1. The van der Waals surface area contributed by atoms with E-state index in [1.165, 1.54) is 18.2 Å². The van der Waals surface area contributed by atoms with Crippen molar-refractivity contribution in [2.45, 2.75) is 57.2 Å². The zero-order valence-electron chi connectivity index (χ0n) is 16.4. The van der Waals surface area contributed by atoms with E-state index < -0.39 is 29.2 Å². The van der Waals surface area contributed by atoms with Crippen LogP contribution in [0.4, 0.5) is 8.78 Å². The SMILES string of the molecule is CC1(C)[C@H]2CC[C@]1(O[C@H](C(N)=O)C1CC1)c1nnc(-c3c(F)cccc3F)cc12. The highest BCUT2D eigenvalue weighted by Gasteiger charge is 2.66. The fourth-order valence-corrected chi connectivity index (χ4v) is 5.40. The lowest BCUT2D eigenvalue weighted by Gasteiger charge is -2.39. The molecule has 0 saturated heterocycles. The Kier molecular flexibility index (Phi) is 3.88. The van der Waals surface area contributed by atoms with Gasteiger partial charge in [-0.2, -0.15) is 5.10 Å². The Morgan fingerprint density at radius 2 is 1.90 bits per heavy atom. The number of ether oxygens (including phenoxy) is 1. The zero-order valence-corrected chi connectivity index (χ0v) is 16.4. The number of nitrogens with zero attached hydrogens (tertiary/aromatic N) is 2. The summed E-state index contributed by atoms with van der Waals surface area (Å²) in [5, 5.41) is 8.56. The fourth-order valence-electron chi connectivity index (χ4n) is 5.40. The molecule has 1 amide bonds. The minimum absolute atomic E-state index is 0.106. The minimum Gasteiger partial charge on any atom is -0.367 e. The van der Waals surface area contributed by atoms with Gasteiger partial charge in [0.15, 0.2) is 0 Å². The van der Waals surface area contributed by atoms with Crippen molar-refractivity contribution in [3.05, 3.63) is 47.2 Å². The van der Waals surface area contributed by atoms with Crippen LogP contribution in [-0.2, 0) is 15.1 Å². The van der Waals surface area contributed by atoms with Crippen molar-refractivity contribution < 1.29 is 18.3 Å². The number of halogens is 2. The molecule has 0 spiro atoms. The lowest BCUT2D eigenvalue weighted by Crippen LogP contribution is -2.46. The van der Waals surface area contributed by atoms with E-state index in [0.717, 1.165) is 31.2 Å². The number of aromatic nitrogens is 2. The number of rotatable bonds is 5. The van der Waals surface area contributed by atoms with Crippen LogP contribution in [0.3, 0.4) is 0 Å². The van der Waals surface area contributed by atoms with Crippen molar-refractivity contribution in [1.29, 1.82) is 0 Å². The van der Waals surface area contributed by atoms with Crippen molar-refractivity contribution in [2.24, 2.45) is 17.1 Å². The molecule has 5 nitrogen and oxygen atoms in total. The largest absolute Gasteiger partial charge is 0.367 e. The van der Waals surface area contributed by atoms with Crippen LogP contribution in [0, 0.1) is 23.0 Å². The van der Waals surface area contributed by atoms with Crippen LogP contribution in [0.15, 0.2) is 24.3 Å². The predicted octanol–water partition coefficient (Wildman–Crippen LogP) is 3.81. The Morgan fingerprint density at radius 1 is 1.21 bits per heavy atom. The normalized spacial score (nSPS) is 27.7. The average Bonchev–Trinajstić information content (AvgIpc) is 3.44. The molecule has 0 unspecified atom stereocenters. The number of carbonyl (C=O) groups excluding carboxylic acids is 1. The Hall–Kier alpha value is -2.41. The molecule has 1 heterocycles. The molecule has 2 fully saturated rings. The van der Waals surface area contributed by atoms with E-state index in [1.54, 1.807) is 6.07 Å². The number of carbonyl (C=O) groups is 1. The van der Waals surface area contributed by atoms with E-state index in [9.17, 15) is 13.6 Å². The Labute approximate surface area is 167 Å². The van der Waals surface area contributed by atoms with Gasteiger partial charge in [-0.1, -0.05) is 19.9 Å². The van der Waals surface area contributed by atoms with Gasteiger partial charge >= 0.3 is 0 Å². The first-order valence-electron chi connectivity index (χ1n) is 10.1. The molecule has 5 rings (SSSR count). The van der Waals surface area contributed by atoms with Crippen LogP contribution in [0.5, 0.6) is 0 Å². The summed E-state index contributed by atoms with van der Waals surface area (Å²) in [6.07, 6.45) is 2.77. The van der Waals surface area contributed by atoms with Crippen LogP contribution in [0.2, 0.25) is 0 Å². The third kappa shape index (κ3) is 2.49. The highest BCUT2D eigenvalue weighted by atomic mass is 19.1. The number of benzene rings is 1. The summed E-state index contributed by atoms with van der Waals surface area (Å²) < 4.78 is 35.0. The van der Waals surface area contributed by atoms with Gasteiger partial charge in [0, 0.05) is 5.41 Å². The van der Waals surface area contributed by atoms with E-state index in [2.05, 4.69) is 24.0 Å². The summed E-state index contributed by atoms with van der Waals surface area (Å²) in [4.78, 5) is 12.1. The first-order valence-corrected chi connectivity index (χ1v) is 10.1. The van der Waals surface area contributed by atoms with E-state index in [1.807, 2.05) is 0 Å².